The Bertz CT molecular complexity index is 575. The van der Waals surface area contributed by atoms with Crippen LogP contribution in [0.3, 0.4) is 0 Å². The number of hydrogen-bond acceptors (Lipinski definition) is 5. The van der Waals surface area contributed by atoms with Crippen molar-refractivity contribution in [3.63, 3.8) is 0 Å². The predicted molar refractivity (Wildman–Crippen MR) is 75.1 cm³/mol. The Morgan fingerprint density at radius 1 is 1.40 bits per heavy atom. The molecule has 6 heteroatoms. The smallest absolute Gasteiger partial charge is 0.346 e. The average Bonchev–Trinajstić information content (AvgIpc) is 2.37. The van der Waals surface area contributed by atoms with E-state index in [0.717, 1.165) is 5.56 Å². The van der Waals surface area contributed by atoms with E-state index in [-0.39, 0.29) is 18.0 Å². The highest BCUT2D eigenvalue weighted by Gasteiger charge is 2.35. The summed E-state index contributed by atoms with van der Waals surface area (Å²) in [6, 6.07) is 3.37. The first-order valence-corrected chi connectivity index (χ1v) is 5.89. The third-order valence-electron chi connectivity index (χ3n) is 2.89. The van der Waals surface area contributed by atoms with Gasteiger partial charge in [-0.15, -0.1) is 12.4 Å². The molecule has 108 valence electrons. The number of hydrogen-bond donors (Lipinski definition) is 0. The molecule has 1 atom stereocenters. The quantitative estimate of drug-likeness (QED) is 0.485. The number of ether oxygens (including phenoxy) is 3. The first kappa shape index (κ1) is 16.2. The Hall–Kier alpha value is -1.81. The van der Waals surface area contributed by atoms with Crippen molar-refractivity contribution in [2.75, 3.05) is 13.7 Å². The SMILES string of the molecule is CCOc1cc(C)c2c(c1)OC(=O)C(OC)C2=C=O.Cl. The maximum atomic E-state index is 11.8. The number of fused-ring (bicyclic) bond motifs is 1. The number of carbonyl (C=O) groups excluding carboxylic acids is 2. The minimum Gasteiger partial charge on any atom is -0.494 e. The molecule has 0 saturated carbocycles. The van der Waals surface area contributed by atoms with E-state index < -0.39 is 12.1 Å². The van der Waals surface area contributed by atoms with Crippen LogP contribution in [0.1, 0.15) is 18.1 Å². The third kappa shape index (κ3) is 2.70. The average molecular weight is 299 g/mol. The molecule has 1 aromatic carbocycles. The zero-order valence-electron chi connectivity index (χ0n) is 11.4. The predicted octanol–water partition coefficient (Wildman–Crippen LogP) is 1.96. The second-order valence-electron chi connectivity index (χ2n) is 4.10. The molecule has 1 aromatic rings. The van der Waals surface area contributed by atoms with Gasteiger partial charge >= 0.3 is 5.97 Å². The van der Waals surface area contributed by atoms with E-state index in [1.54, 1.807) is 18.1 Å². The molecule has 1 aliphatic rings. The summed E-state index contributed by atoms with van der Waals surface area (Å²) in [5, 5.41) is 0. The fraction of sp³-hybridized carbons (Fsp3) is 0.357. The van der Waals surface area contributed by atoms with E-state index in [1.807, 2.05) is 13.8 Å². The highest BCUT2D eigenvalue weighted by atomic mass is 35.5. The zero-order chi connectivity index (χ0) is 14.0. The number of esters is 1. The summed E-state index contributed by atoms with van der Waals surface area (Å²) >= 11 is 0. The molecular weight excluding hydrogens is 284 g/mol. The van der Waals surface area contributed by atoms with Crippen LogP contribution >= 0.6 is 12.4 Å². The maximum absolute atomic E-state index is 11.8. The van der Waals surface area contributed by atoms with Gasteiger partial charge in [0.15, 0.2) is 6.10 Å². The van der Waals surface area contributed by atoms with E-state index in [0.29, 0.717) is 23.7 Å². The van der Waals surface area contributed by atoms with Crippen LogP contribution in [-0.2, 0) is 14.3 Å². The van der Waals surface area contributed by atoms with E-state index in [4.69, 9.17) is 14.2 Å². The number of carbonyl (C=O) groups is 1. The molecule has 2 rings (SSSR count). The molecule has 0 aromatic heterocycles. The summed E-state index contributed by atoms with van der Waals surface area (Å²) < 4.78 is 15.6. The normalized spacial score (nSPS) is 16.6. The lowest BCUT2D eigenvalue weighted by Gasteiger charge is -2.25. The van der Waals surface area contributed by atoms with Crippen LogP contribution in [0.4, 0.5) is 0 Å². The van der Waals surface area contributed by atoms with Crippen molar-refractivity contribution >= 4 is 29.9 Å². The lowest BCUT2D eigenvalue weighted by atomic mass is 9.94. The first-order valence-electron chi connectivity index (χ1n) is 5.89. The van der Waals surface area contributed by atoms with Gasteiger partial charge in [-0.2, -0.15) is 0 Å². The number of rotatable bonds is 3. The molecule has 0 amide bonds. The fourth-order valence-electron chi connectivity index (χ4n) is 2.13. The summed E-state index contributed by atoms with van der Waals surface area (Å²) in [5.41, 5.74) is 1.48. The van der Waals surface area contributed by atoms with E-state index in [2.05, 4.69) is 0 Å². The molecule has 1 unspecified atom stereocenters. The number of halogens is 1. The lowest BCUT2D eigenvalue weighted by molar-refractivity contribution is -0.142. The summed E-state index contributed by atoms with van der Waals surface area (Å²) in [4.78, 5) is 22.9. The second kappa shape index (κ2) is 6.57. The monoisotopic (exact) mass is 298 g/mol. The van der Waals surface area contributed by atoms with E-state index in [1.165, 1.54) is 7.11 Å². The summed E-state index contributed by atoms with van der Waals surface area (Å²) in [5.74, 6) is 2.06. The van der Waals surface area contributed by atoms with Crippen molar-refractivity contribution < 1.29 is 23.8 Å². The van der Waals surface area contributed by atoms with Gasteiger partial charge in [-0.25, -0.2) is 9.59 Å². The van der Waals surface area contributed by atoms with Gasteiger partial charge in [-0.3, -0.25) is 0 Å². The molecule has 0 spiro atoms. The van der Waals surface area contributed by atoms with Gasteiger partial charge in [0.25, 0.3) is 0 Å². The van der Waals surface area contributed by atoms with Crippen LogP contribution in [-0.4, -0.2) is 31.7 Å². The molecule has 0 bridgehead atoms. The van der Waals surface area contributed by atoms with Gasteiger partial charge in [0.2, 0.25) is 0 Å². The van der Waals surface area contributed by atoms with Gasteiger partial charge in [-0.1, -0.05) is 0 Å². The van der Waals surface area contributed by atoms with Gasteiger partial charge < -0.3 is 14.2 Å². The lowest BCUT2D eigenvalue weighted by Crippen LogP contribution is -2.33. The maximum Gasteiger partial charge on any atom is 0.346 e. The molecule has 0 saturated heterocycles. The Morgan fingerprint density at radius 3 is 2.65 bits per heavy atom. The van der Waals surface area contributed by atoms with Crippen LogP contribution < -0.4 is 9.47 Å². The molecule has 0 fully saturated rings. The molecule has 1 heterocycles. The standard InChI is InChI=1S/C14H14O5.ClH/c1-4-18-9-5-8(2)12-10(7-15)13(17-3)14(16)19-11(12)6-9;/h5-6,13H,4H2,1-3H3;1H. The zero-order valence-corrected chi connectivity index (χ0v) is 12.2. The minimum atomic E-state index is -1.03. The van der Waals surface area contributed by atoms with Crippen molar-refractivity contribution in [2.45, 2.75) is 20.0 Å². The molecule has 0 radical (unpaired) electrons. The molecule has 20 heavy (non-hydrogen) atoms. The van der Waals surface area contributed by atoms with Crippen LogP contribution in [0.5, 0.6) is 11.5 Å². The summed E-state index contributed by atoms with van der Waals surface area (Å²) in [6.07, 6.45) is -1.03. The number of aryl methyl sites for hydroxylation is 1. The van der Waals surface area contributed by atoms with Gasteiger partial charge in [0, 0.05) is 18.7 Å². The van der Waals surface area contributed by atoms with Gasteiger partial charge in [0.1, 0.15) is 17.4 Å². The van der Waals surface area contributed by atoms with Crippen molar-refractivity contribution in [2.24, 2.45) is 0 Å². The first-order chi connectivity index (χ1) is 9.12. The number of benzene rings is 1. The van der Waals surface area contributed by atoms with Crippen LogP contribution in [0.2, 0.25) is 0 Å². The Balaban J connectivity index is 0.00000200. The van der Waals surface area contributed by atoms with Crippen molar-refractivity contribution in [3.8, 4) is 11.5 Å². The fourth-order valence-corrected chi connectivity index (χ4v) is 2.13. The Kier molecular flexibility index (Phi) is 5.34. The van der Waals surface area contributed by atoms with Crippen LogP contribution in [0.15, 0.2) is 12.1 Å². The molecule has 0 aliphatic carbocycles. The highest BCUT2D eigenvalue weighted by Crippen LogP contribution is 2.38. The molecular formula is C14H15ClO5. The molecule has 5 nitrogen and oxygen atoms in total. The Labute approximate surface area is 122 Å². The van der Waals surface area contributed by atoms with Gasteiger partial charge in [0.05, 0.1) is 12.2 Å². The Morgan fingerprint density at radius 2 is 2.10 bits per heavy atom. The van der Waals surface area contributed by atoms with Crippen molar-refractivity contribution in [1.29, 1.82) is 0 Å². The topological polar surface area (TPSA) is 61.8 Å². The summed E-state index contributed by atoms with van der Waals surface area (Å²) in [6.45, 7) is 4.17. The molecule has 0 N–H and O–H groups in total. The van der Waals surface area contributed by atoms with Crippen molar-refractivity contribution in [1.82, 2.24) is 0 Å². The van der Waals surface area contributed by atoms with E-state index in [9.17, 15) is 9.59 Å². The summed E-state index contributed by atoms with van der Waals surface area (Å²) in [7, 11) is 1.35. The van der Waals surface area contributed by atoms with E-state index >= 15 is 0 Å². The highest BCUT2D eigenvalue weighted by molar-refractivity contribution is 6.06. The molecule has 1 aliphatic heterocycles. The largest absolute Gasteiger partial charge is 0.494 e. The minimum absolute atomic E-state index is 0. The third-order valence-corrected chi connectivity index (χ3v) is 2.89. The van der Waals surface area contributed by atoms with Gasteiger partial charge in [-0.05, 0) is 25.5 Å². The van der Waals surface area contributed by atoms with Crippen molar-refractivity contribution in [3.05, 3.63) is 23.3 Å². The number of methoxy groups -OCH3 is 1. The second-order valence-corrected chi connectivity index (χ2v) is 4.10. The van der Waals surface area contributed by atoms with Crippen LogP contribution in [0.25, 0.3) is 5.57 Å². The van der Waals surface area contributed by atoms with Crippen LogP contribution in [0, 0.1) is 6.92 Å².